The number of hydrogen-bond acceptors (Lipinski definition) is 2. The molecule has 1 N–H and O–H groups in total. The first-order chi connectivity index (χ1) is 12.9. The van der Waals surface area contributed by atoms with Crippen molar-refractivity contribution in [2.45, 2.75) is 59.4 Å². The summed E-state index contributed by atoms with van der Waals surface area (Å²) in [6, 6.07) is 8.78. The molecule has 1 aromatic carbocycles. The monoisotopic (exact) mass is 368 g/mol. The Labute approximate surface area is 163 Å². The molecule has 2 amide bonds. The van der Waals surface area contributed by atoms with Crippen LogP contribution in [0.1, 0.15) is 58.1 Å². The highest BCUT2D eigenvalue weighted by Gasteiger charge is 2.36. The van der Waals surface area contributed by atoms with E-state index in [1.165, 1.54) is 22.3 Å². The van der Waals surface area contributed by atoms with Gasteiger partial charge in [0.15, 0.2) is 0 Å². The second kappa shape index (κ2) is 8.28. The highest BCUT2D eigenvalue weighted by Crippen LogP contribution is 2.42. The third-order valence-corrected chi connectivity index (χ3v) is 5.54. The minimum absolute atomic E-state index is 0.0380. The van der Waals surface area contributed by atoms with Crippen LogP contribution in [0.4, 0.5) is 0 Å². The largest absolute Gasteiger partial charge is 0.347 e. The zero-order valence-electron chi connectivity index (χ0n) is 17.0. The third kappa shape index (κ3) is 4.42. The predicted molar refractivity (Wildman–Crippen MR) is 109 cm³/mol. The van der Waals surface area contributed by atoms with Crippen molar-refractivity contribution >= 4 is 17.4 Å². The molecule has 0 bridgehead atoms. The molecule has 1 unspecified atom stereocenters. The molecule has 0 saturated carbocycles. The topological polar surface area (TPSA) is 49.4 Å². The van der Waals surface area contributed by atoms with Crippen molar-refractivity contribution in [1.29, 1.82) is 0 Å². The van der Waals surface area contributed by atoms with Gasteiger partial charge in [0.05, 0.1) is 12.6 Å². The molecule has 0 aromatic heterocycles. The Balaban J connectivity index is 1.75. The second-order valence-electron chi connectivity index (χ2n) is 8.69. The number of carbonyl (C=O) groups is 2. The Hall–Kier alpha value is -2.10. The number of benzene rings is 1. The summed E-state index contributed by atoms with van der Waals surface area (Å²) in [5.41, 5.74) is 5.62. The van der Waals surface area contributed by atoms with Crippen molar-refractivity contribution in [3.05, 3.63) is 41.0 Å². The van der Waals surface area contributed by atoms with Crippen LogP contribution in [-0.2, 0) is 16.0 Å². The van der Waals surface area contributed by atoms with Crippen LogP contribution in [0.25, 0.3) is 5.57 Å². The lowest BCUT2D eigenvalue weighted by molar-refractivity contribution is -0.134. The quantitative estimate of drug-likeness (QED) is 0.830. The molecule has 0 saturated heterocycles. The minimum Gasteiger partial charge on any atom is -0.347 e. The maximum atomic E-state index is 12.9. The Bertz CT molecular complexity index is 749. The summed E-state index contributed by atoms with van der Waals surface area (Å²) in [7, 11) is 0. The average molecular weight is 369 g/mol. The normalized spacial score (nSPS) is 18.7. The summed E-state index contributed by atoms with van der Waals surface area (Å²) in [4.78, 5) is 26.9. The molecular weight excluding hydrogens is 336 g/mol. The van der Waals surface area contributed by atoms with Crippen molar-refractivity contribution in [3.8, 4) is 0 Å². The Kier molecular flexibility index (Phi) is 6.03. The van der Waals surface area contributed by atoms with E-state index in [1.54, 1.807) is 0 Å². The number of nitrogens with zero attached hydrogens (tertiary/aromatic N) is 1. The lowest BCUT2D eigenvalue weighted by atomic mass is 9.87. The number of amides is 2. The van der Waals surface area contributed by atoms with Gasteiger partial charge in [0.2, 0.25) is 11.8 Å². The third-order valence-electron chi connectivity index (χ3n) is 5.54. The lowest BCUT2D eigenvalue weighted by Gasteiger charge is -2.38. The number of hydrogen-bond donors (Lipinski definition) is 1. The molecule has 146 valence electrons. The van der Waals surface area contributed by atoms with Crippen molar-refractivity contribution < 1.29 is 9.59 Å². The van der Waals surface area contributed by atoms with Crippen molar-refractivity contribution in [2.24, 2.45) is 11.8 Å². The molecule has 0 fully saturated rings. The Morgan fingerprint density at radius 3 is 2.59 bits per heavy atom. The van der Waals surface area contributed by atoms with Gasteiger partial charge in [0.1, 0.15) is 0 Å². The van der Waals surface area contributed by atoms with Crippen LogP contribution in [0.2, 0.25) is 0 Å². The van der Waals surface area contributed by atoms with Gasteiger partial charge in [-0.2, -0.15) is 0 Å². The zero-order chi connectivity index (χ0) is 19.6. The molecule has 1 aliphatic carbocycles. The van der Waals surface area contributed by atoms with E-state index < -0.39 is 0 Å². The van der Waals surface area contributed by atoms with Gasteiger partial charge in [0.25, 0.3) is 0 Å². The molecule has 1 heterocycles. The van der Waals surface area contributed by atoms with Gasteiger partial charge in [0, 0.05) is 13.0 Å². The van der Waals surface area contributed by atoms with E-state index in [2.05, 4.69) is 43.4 Å². The Morgan fingerprint density at radius 1 is 1.15 bits per heavy atom. The number of fused-ring (bicyclic) bond motifs is 2. The maximum Gasteiger partial charge on any atom is 0.242 e. The van der Waals surface area contributed by atoms with Gasteiger partial charge >= 0.3 is 0 Å². The summed E-state index contributed by atoms with van der Waals surface area (Å²) in [6.45, 7) is 9.29. The van der Waals surface area contributed by atoms with E-state index in [4.69, 9.17) is 0 Å². The van der Waals surface area contributed by atoms with Crippen LogP contribution in [0.3, 0.4) is 0 Å². The van der Waals surface area contributed by atoms with Gasteiger partial charge in [-0.3, -0.25) is 9.59 Å². The van der Waals surface area contributed by atoms with Gasteiger partial charge in [-0.15, -0.1) is 0 Å². The second-order valence-corrected chi connectivity index (χ2v) is 8.69. The molecule has 1 aromatic rings. The summed E-state index contributed by atoms with van der Waals surface area (Å²) in [5.74, 6) is 0.814. The first-order valence-electron chi connectivity index (χ1n) is 10.2. The van der Waals surface area contributed by atoms with Gasteiger partial charge in [-0.25, -0.2) is 0 Å². The smallest absolute Gasteiger partial charge is 0.242 e. The molecule has 3 rings (SSSR count). The fourth-order valence-corrected chi connectivity index (χ4v) is 4.38. The molecule has 4 heteroatoms. The maximum absolute atomic E-state index is 12.9. The van der Waals surface area contributed by atoms with Gasteiger partial charge in [-0.05, 0) is 53.4 Å². The minimum atomic E-state index is -0.0380. The van der Waals surface area contributed by atoms with E-state index in [0.717, 1.165) is 25.8 Å². The number of rotatable bonds is 6. The molecule has 1 aliphatic heterocycles. The molecule has 2 aliphatic rings. The highest BCUT2D eigenvalue weighted by molar-refractivity contribution is 5.87. The van der Waals surface area contributed by atoms with Crippen LogP contribution >= 0.6 is 0 Å². The summed E-state index contributed by atoms with van der Waals surface area (Å²) >= 11 is 0. The SMILES string of the molecule is CC(C)CC(=O)NCC(=O)N1CCC2=C(Cc3ccccc32)C1CC(C)C. The lowest BCUT2D eigenvalue weighted by Crippen LogP contribution is -2.49. The summed E-state index contributed by atoms with van der Waals surface area (Å²) in [6.07, 6.45) is 3.30. The van der Waals surface area contributed by atoms with Crippen LogP contribution in [0, 0.1) is 11.8 Å². The molecule has 0 spiro atoms. The van der Waals surface area contributed by atoms with E-state index in [1.807, 2.05) is 18.7 Å². The first kappa shape index (κ1) is 19.7. The average Bonchev–Trinajstić information content (AvgIpc) is 2.98. The molecule has 4 nitrogen and oxygen atoms in total. The van der Waals surface area contributed by atoms with E-state index in [9.17, 15) is 9.59 Å². The fraction of sp³-hybridized carbons (Fsp3) is 0.565. The van der Waals surface area contributed by atoms with Crippen molar-refractivity contribution in [3.63, 3.8) is 0 Å². The highest BCUT2D eigenvalue weighted by atomic mass is 16.2. The van der Waals surface area contributed by atoms with Crippen molar-refractivity contribution in [2.75, 3.05) is 13.1 Å². The van der Waals surface area contributed by atoms with Crippen LogP contribution in [0.15, 0.2) is 29.8 Å². The van der Waals surface area contributed by atoms with Crippen LogP contribution in [0.5, 0.6) is 0 Å². The van der Waals surface area contributed by atoms with E-state index in [0.29, 0.717) is 18.3 Å². The first-order valence-corrected chi connectivity index (χ1v) is 10.2. The van der Waals surface area contributed by atoms with E-state index in [-0.39, 0.29) is 24.4 Å². The van der Waals surface area contributed by atoms with Crippen molar-refractivity contribution in [1.82, 2.24) is 10.2 Å². The van der Waals surface area contributed by atoms with Crippen LogP contribution < -0.4 is 5.32 Å². The van der Waals surface area contributed by atoms with Crippen LogP contribution in [-0.4, -0.2) is 35.8 Å². The zero-order valence-corrected chi connectivity index (χ0v) is 17.0. The van der Waals surface area contributed by atoms with E-state index >= 15 is 0 Å². The number of nitrogens with one attached hydrogen (secondary N) is 1. The van der Waals surface area contributed by atoms with Gasteiger partial charge in [-0.1, -0.05) is 52.0 Å². The summed E-state index contributed by atoms with van der Waals surface area (Å²) < 4.78 is 0. The summed E-state index contributed by atoms with van der Waals surface area (Å²) in [5, 5.41) is 2.82. The molecule has 1 atom stereocenters. The van der Waals surface area contributed by atoms with Gasteiger partial charge < -0.3 is 10.2 Å². The fourth-order valence-electron chi connectivity index (χ4n) is 4.38. The predicted octanol–water partition coefficient (Wildman–Crippen LogP) is 3.81. The molecular formula is C23H32N2O2. The molecule has 0 radical (unpaired) electrons. The molecule has 27 heavy (non-hydrogen) atoms. The number of carbonyl (C=O) groups excluding carboxylic acids is 2. The standard InChI is InChI=1S/C23H32N2O2/c1-15(2)11-21-20-13-17-7-5-6-8-18(17)19(20)9-10-25(21)23(27)14-24-22(26)12-16(3)4/h5-8,15-16,21H,9-14H2,1-4H3,(H,24,26). The Morgan fingerprint density at radius 2 is 1.89 bits per heavy atom.